The second kappa shape index (κ2) is 7.03. The molecule has 0 aromatic carbocycles. The van der Waals surface area contributed by atoms with Gasteiger partial charge in [-0.2, -0.15) is 4.98 Å². The van der Waals surface area contributed by atoms with Crippen molar-refractivity contribution in [3.8, 4) is 5.88 Å². The van der Waals surface area contributed by atoms with Crippen molar-refractivity contribution in [1.82, 2.24) is 9.97 Å². The van der Waals surface area contributed by atoms with Crippen LogP contribution in [0.25, 0.3) is 0 Å². The normalized spacial score (nSPS) is 12.2. The van der Waals surface area contributed by atoms with Gasteiger partial charge in [0.1, 0.15) is 11.6 Å². The average molecular weight is 241 g/mol. The number of aryl methyl sites for hydroxylation is 1. The smallest absolute Gasteiger partial charge is 0.218 e. The molecule has 96 valence electrons. The first-order chi connectivity index (χ1) is 8.15. The Hall–Kier alpha value is -1.40. The first kappa shape index (κ1) is 13.7. The van der Waals surface area contributed by atoms with Crippen molar-refractivity contribution in [3.63, 3.8) is 0 Å². The van der Waals surface area contributed by atoms with E-state index in [1.54, 1.807) is 20.1 Å². The number of hydrogen-bond donors (Lipinski definition) is 2. The molecular weight excluding hydrogens is 222 g/mol. The molecule has 1 aromatic rings. The van der Waals surface area contributed by atoms with Gasteiger partial charge >= 0.3 is 0 Å². The maximum Gasteiger partial charge on any atom is 0.218 e. The largest absolute Gasteiger partial charge is 0.478 e. The van der Waals surface area contributed by atoms with Gasteiger partial charge in [-0.25, -0.2) is 4.98 Å². The Balaban J connectivity index is 2.57. The molecule has 0 saturated carbocycles. The van der Waals surface area contributed by atoms with Gasteiger partial charge in [-0.05, 0) is 13.8 Å². The second-order valence-electron chi connectivity index (χ2n) is 3.56. The predicted octanol–water partition coefficient (Wildman–Crippen LogP) is 0.603. The van der Waals surface area contributed by atoms with Gasteiger partial charge in [0.25, 0.3) is 0 Å². The van der Waals surface area contributed by atoms with Gasteiger partial charge in [0.2, 0.25) is 5.88 Å². The van der Waals surface area contributed by atoms with Crippen molar-refractivity contribution in [2.24, 2.45) is 0 Å². The number of aliphatic hydroxyl groups is 1. The van der Waals surface area contributed by atoms with Crippen LogP contribution in [0.4, 0.5) is 5.82 Å². The Labute approximate surface area is 101 Å². The summed E-state index contributed by atoms with van der Waals surface area (Å²) in [6, 6.07) is 1.70. The van der Waals surface area contributed by atoms with E-state index in [-0.39, 0.29) is 6.61 Å². The summed E-state index contributed by atoms with van der Waals surface area (Å²) in [6.45, 7) is 4.90. The summed E-state index contributed by atoms with van der Waals surface area (Å²) >= 11 is 0. The van der Waals surface area contributed by atoms with E-state index in [2.05, 4.69) is 15.3 Å². The zero-order chi connectivity index (χ0) is 12.7. The number of aliphatic hydroxyl groups excluding tert-OH is 1. The van der Waals surface area contributed by atoms with Crippen molar-refractivity contribution in [2.75, 3.05) is 32.2 Å². The molecule has 1 rings (SSSR count). The topological polar surface area (TPSA) is 76.5 Å². The SMILES string of the molecule is CCOc1cc(NCC(O)COC)nc(C)n1. The number of anilines is 1. The fraction of sp³-hybridized carbons (Fsp3) is 0.636. The summed E-state index contributed by atoms with van der Waals surface area (Å²) in [7, 11) is 1.55. The minimum absolute atomic E-state index is 0.287. The van der Waals surface area contributed by atoms with E-state index in [1.807, 2.05) is 6.92 Å². The van der Waals surface area contributed by atoms with Crippen LogP contribution in [0.3, 0.4) is 0 Å². The molecule has 0 spiro atoms. The van der Waals surface area contributed by atoms with Crippen LogP contribution in [0.15, 0.2) is 6.07 Å². The molecule has 0 aliphatic carbocycles. The highest BCUT2D eigenvalue weighted by atomic mass is 16.5. The minimum Gasteiger partial charge on any atom is -0.478 e. The van der Waals surface area contributed by atoms with Crippen molar-refractivity contribution in [1.29, 1.82) is 0 Å². The second-order valence-corrected chi connectivity index (χ2v) is 3.56. The van der Waals surface area contributed by atoms with E-state index in [0.29, 0.717) is 30.7 Å². The Morgan fingerprint density at radius 2 is 2.24 bits per heavy atom. The van der Waals surface area contributed by atoms with Gasteiger partial charge in [-0.15, -0.1) is 0 Å². The molecule has 1 aromatic heterocycles. The van der Waals surface area contributed by atoms with E-state index in [0.717, 1.165) is 0 Å². The molecule has 0 saturated heterocycles. The lowest BCUT2D eigenvalue weighted by Crippen LogP contribution is -2.24. The molecule has 0 aliphatic rings. The fourth-order valence-corrected chi connectivity index (χ4v) is 1.33. The number of nitrogens with one attached hydrogen (secondary N) is 1. The van der Waals surface area contributed by atoms with E-state index < -0.39 is 6.10 Å². The zero-order valence-corrected chi connectivity index (χ0v) is 10.4. The number of nitrogens with zero attached hydrogens (tertiary/aromatic N) is 2. The number of methoxy groups -OCH3 is 1. The van der Waals surface area contributed by atoms with Crippen LogP contribution in [0.1, 0.15) is 12.7 Å². The van der Waals surface area contributed by atoms with E-state index in [4.69, 9.17) is 9.47 Å². The summed E-state index contributed by atoms with van der Waals surface area (Å²) in [5.74, 6) is 1.79. The first-order valence-electron chi connectivity index (χ1n) is 5.55. The summed E-state index contributed by atoms with van der Waals surface area (Å²) in [6.07, 6.45) is -0.564. The van der Waals surface area contributed by atoms with Crippen LogP contribution >= 0.6 is 0 Å². The third-order valence-corrected chi connectivity index (χ3v) is 1.98. The van der Waals surface area contributed by atoms with Crippen molar-refractivity contribution in [2.45, 2.75) is 20.0 Å². The molecule has 0 radical (unpaired) electrons. The van der Waals surface area contributed by atoms with Crippen LogP contribution in [0.2, 0.25) is 0 Å². The standard InChI is InChI=1S/C11H19N3O3/c1-4-17-11-5-10(13-8(2)14-11)12-6-9(15)7-16-3/h5,9,15H,4,6-7H2,1-3H3,(H,12,13,14). The molecule has 1 heterocycles. The lowest BCUT2D eigenvalue weighted by Gasteiger charge is -2.12. The Kier molecular flexibility index (Phi) is 5.65. The van der Waals surface area contributed by atoms with Crippen LogP contribution in [-0.2, 0) is 4.74 Å². The van der Waals surface area contributed by atoms with Gasteiger partial charge in [-0.3, -0.25) is 0 Å². The van der Waals surface area contributed by atoms with Gasteiger partial charge in [0.15, 0.2) is 0 Å². The van der Waals surface area contributed by atoms with Gasteiger partial charge in [-0.1, -0.05) is 0 Å². The molecular formula is C11H19N3O3. The summed E-state index contributed by atoms with van der Waals surface area (Å²) < 4.78 is 10.1. The lowest BCUT2D eigenvalue weighted by molar-refractivity contribution is 0.0727. The molecule has 17 heavy (non-hydrogen) atoms. The van der Waals surface area contributed by atoms with Gasteiger partial charge < -0.3 is 19.9 Å². The quantitative estimate of drug-likeness (QED) is 0.728. The van der Waals surface area contributed by atoms with E-state index in [1.165, 1.54) is 0 Å². The number of hydrogen-bond acceptors (Lipinski definition) is 6. The Bertz CT molecular complexity index is 347. The van der Waals surface area contributed by atoms with Crippen molar-refractivity contribution in [3.05, 3.63) is 11.9 Å². The molecule has 1 atom stereocenters. The molecule has 0 aliphatic heterocycles. The maximum absolute atomic E-state index is 9.49. The molecule has 1 unspecified atom stereocenters. The average Bonchev–Trinajstić information content (AvgIpc) is 2.26. The summed E-state index contributed by atoms with van der Waals surface area (Å²) in [5.41, 5.74) is 0. The molecule has 0 fully saturated rings. The summed E-state index contributed by atoms with van der Waals surface area (Å²) in [4.78, 5) is 8.32. The van der Waals surface area contributed by atoms with Gasteiger partial charge in [0, 0.05) is 19.7 Å². The van der Waals surface area contributed by atoms with E-state index >= 15 is 0 Å². The van der Waals surface area contributed by atoms with Crippen LogP contribution in [0, 0.1) is 6.92 Å². The molecule has 6 heteroatoms. The fourth-order valence-electron chi connectivity index (χ4n) is 1.33. The van der Waals surface area contributed by atoms with Crippen LogP contribution in [0.5, 0.6) is 5.88 Å². The monoisotopic (exact) mass is 241 g/mol. The highest BCUT2D eigenvalue weighted by Crippen LogP contribution is 2.13. The van der Waals surface area contributed by atoms with Gasteiger partial charge in [0.05, 0.1) is 19.3 Å². The Morgan fingerprint density at radius 1 is 1.47 bits per heavy atom. The first-order valence-corrected chi connectivity index (χ1v) is 5.55. The zero-order valence-electron chi connectivity index (χ0n) is 10.4. The van der Waals surface area contributed by atoms with E-state index in [9.17, 15) is 5.11 Å². The third-order valence-electron chi connectivity index (χ3n) is 1.98. The maximum atomic E-state index is 9.49. The summed E-state index contributed by atoms with van der Waals surface area (Å²) in [5, 5.41) is 12.5. The predicted molar refractivity (Wildman–Crippen MR) is 64.3 cm³/mol. The number of ether oxygens (including phenoxy) is 2. The van der Waals surface area contributed by atoms with Crippen molar-refractivity contribution >= 4 is 5.82 Å². The lowest BCUT2D eigenvalue weighted by atomic mass is 10.3. The molecule has 0 bridgehead atoms. The molecule has 0 amide bonds. The van der Waals surface area contributed by atoms with Crippen LogP contribution in [-0.4, -0.2) is 48.0 Å². The Morgan fingerprint density at radius 3 is 2.88 bits per heavy atom. The minimum atomic E-state index is -0.564. The highest BCUT2D eigenvalue weighted by Gasteiger charge is 2.06. The number of aromatic nitrogens is 2. The van der Waals surface area contributed by atoms with Crippen LogP contribution < -0.4 is 10.1 Å². The highest BCUT2D eigenvalue weighted by molar-refractivity contribution is 5.38. The molecule has 2 N–H and O–H groups in total. The third kappa shape index (κ3) is 4.97. The number of rotatable bonds is 7. The molecule has 6 nitrogen and oxygen atoms in total. The van der Waals surface area contributed by atoms with Crippen molar-refractivity contribution < 1.29 is 14.6 Å².